The van der Waals surface area contributed by atoms with Gasteiger partial charge in [-0.2, -0.15) is 0 Å². The zero-order chi connectivity index (χ0) is 18.4. The van der Waals surface area contributed by atoms with E-state index in [0.717, 1.165) is 42.0 Å². The van der Waals surface area contributed by atoms with Gasteiger partial charge < -0.3 is 10.6 Å². The van der Waals surface area contributed by atoms with E-state index in [2.05, 4.69) is 51.8 Å². The zero-order valence-electron chi connectivity index (χ0n) is 15.1. The number of anilines is 2. The highest BCUT2D eigenvalue weighted by atomic mass is 35.5. The Morgan fingerprint density at radius 1 is 0.885 bits per heavy atom. The first kappa shape index (κ1) is 18.2. The Morgan fingerprint density at radius 3 is 2.31 bits per heavy atom. The van der Waals surface area contributed by atoms with Gasteiger partial charge in [-0.15, -0.1) is 0 Å². The van der Waals surface area contributed by atoms with Crippen LogP contribution in [0.1, 0.15) is 22.5 Å². The van der Waals surface area contributed by atoms with E-state index in [4.69, 9.17) is 11.6 Å². The SMILES string of the molecule is Cc1nc(NCCc2ccc(Cl)cc2)cc(NCc2ccccc2C)n1. The highest BCUT2D eigenvalue weighted by Gasteiger charge is 2.03. The van der Waals surface area contributed by atoms with Gasteiger partial charge in [-0.05, 0) is 49.1 Å². The Labute approximate surface area is 159 Å². The van der Waals surface area contributed by atoms with Crippen LogP contribution in [0, 0.1) is 13.8 Å². The van der Waals surface area contributed by atoms with Crippen LogP contribution in [-0.2, 0) is 13.0 Å². The molecule has 1 heterocycles. The summed E-state index contributed by atoms with van der Waals surface area (Å²) in [6.07, 6.45) is 0.909. The van der Waals surface area contributed by atoms with Gasteiger partial charge in [0.25, 0.3) is 0 Å². The third kappa shape index (κ3) is 5.20. The molecule has 134 valence electrons. The first-order chi connectivity index (χ1) is 12.6. The molecule has 0 saturated carbocycles. The minimum atomic E-state index is 0.743. The van der Waals surface area contributed by atoms with Gasteiger partial charge in [-0.3, -0.25) is 0 Å². The summed E-state index contributed by atoms with van der Waals surface area (Å²) in [6.45, 7) is 5.57. The molecular formula is C21H23ClN4. The number of nitrogens with zero attached hydrogens (tertiary/aromatic N) is 2. The molecule has 0 bridgehead atoms. The molecule has 4 nitrogen and oxygen atoms in total. The maximum Gasteiger partial charge on any atom is 0.132 e. The Bertz CT molecular complexity index is 862. The van der Waals surface area contributed by atoms with Crippen LogP contribution in [0.3, 0.4) is 0 Å². The van der Waals surface area contributed by atoms with E-state index in [1.807, 2.05) is 37.3 Å². The highest BCUT2D eigenvalue weighted by Crippen LogP contribution is 2.15. The molecule has 26 heavy (non-hydrogen) atoms. The summed E-state index contributed by atoms with van der Waals surface area (Å²) in [6, 6.07) is 18.2. The van der Waals surface area contributed by atoms with E-state index in [9.17, 15) is 0 Å². The Hall–Kier alpha value is -2.59. The molecule has 0 amide bonds. The van der Waals surface area contributed by atoms with Gasteiger partial charge in [0.05, 0.1) is 0 Å². The summed E-state index contributed by atoms with van der Waals surface area (Å²) >= 11 is 5.92. The van der Waals surface area contributed by atoms with Crippen molar-refractivity contribution < 1.29 is 0 Å². The number of halogens is 1. The lowest BCUT2D eigenvalue weighted by atomic mass is 10.1. The van der Waals surface area contributed by atoms with Gasteiger partial charge in [0.15, 0.2) is 0 Å². The summed E-state index contributed by atoms with van der Waals surface area (Å²) < 4.78 is 0. The average molecular weight is 367 g/mol. The molecule has 2 aromatic carbocycles. The number of rotatable bonds is 7. The van der Waals surface area contributed by atoms with Crippen molar-refractivity contribution in [1.82, 2.24) is 9.97 Å². The molecule has 3 aromatic rings. The molecule has 0 spiro atoms. The number of nitrogens with one attached hydrogen (secondary N) is 2. The molecule has 5 heteroatoms. The molecule has 0 saturated heterocycles. The maximum absolute atomic E-state index is 5.92. The van der Waals surface area contributed by atoms with Crippen LogP contribution in [0.4, 0.5) is 11.6 Å². The largest absolute Gasteiger partial charge is 0.370 e. The molecule has 0 radical (unpaired) electrons. The lowest BCUT2D eigenvalue weighted by molar-refractivity contribution is 0.974. The highest BCUT2D eigenvalue weighted by molar-refractivity contribution is 6.30. The number of aromatic nitrogens is 2. The van der Waals surface area contributed by atoms with Crippen molar-refractivity contribution >= 4 is 23.2 Å². The van der Waals surface area contributed by atoms with Crippen LogP contribution >= 0.6 is 11.6 Å². The fourth-order valence-corrected chi connectivity index (χ4v) is 2.85. The van der Waals surface area contributed by atoms with Crippen molar-refractivity contribution in [2.45, 2.75) is 26.8 Å². The monoisotopic (exact) mass is 366 g/mol. The lowest BCUT2D eigenvalue weighted by Gasteiger charge is -2.11. The minimum absolute atomic E-state index is 0.743. The second-order valence-corrected chi connectivity index (χ2v) is 6.71. The topological polar surface area (TPSA) is 49.8 Å². The van der Waals surface area contributed by atoms with Crippen LogP contribution < -0.4 is 10.6 Å². The number of hydrogen-bond donors (Lipinski definition) is 2. The fourth-order valence-electron chi connectivity index (χ4n) is 2.73. The van der Waals surface area contributed by atoms with Crippen molar-refractivity contribution in [2.75, 3.05) is 17.2 Å². The van der Waals surface area contributed by atoms with Gasteiger partial charge in [0.2, 0.25) is 0 Å². The van der Waals surface area contributed by atoms with Crippen molar-refractivity contribution in [3.63, 3.8) is 0 Å². The Balaban J connectivity index is 1.58. The van der Waals surface area contributed by atoms with Crippen molar-refractivity contribution in [3.05, 3.63) is 82.1 Å². The normalized spacial score (nSPS) is 10.6. The summed E-state index contributed by atoms with van der Waals surface area (Å²) in [7, 11) is 0. The predicted molar refractivity (Wildman–Crippen MR) is 109 cm³/mol. The van der Waals surface area contributed by atoms with Gasteiger partial charge in [0.1, 0.15) is 17.5 Å². The number of aryl methyl sites for hydroxylation is 2. The summed E-state index contributed by atoms with van der Waals surface area (Å²) in [5.41, 5.74) is 3.78. The Morgan fingerprint density at radius 2 is 1.58 bits per heavy atom. The number of hydrogen-bond acceptors (Lipinski definition) is 4. The third-order valence-electron chi connectivity index (χ3n) is 4.19. The molecule has 0 fully saturated rings. The van der Waals surface area contributed by atoms with E-state index in [0.29, 0.717) is 0 Å². The predicted octanol–water partition coefficient (Wildman–Crippen LogP) is 5.01. The quantitative estimate of drug-likeness (QED) is 0.616. The van der Waals surface area contributed by atoms with Gasteiger partial charge in [-0.1, -0.05) is 48.0 Å². The molecular weight excluding hydrogens is 344 g/mol. The lowest BCUT2D eigenvalue weighted by Crippen LogP contribution is -2.09. The smallest absolute Gasteiger partial charge is 0.132 e. The molecule has 0 atom stereocenters. The second kappa shape index (κ2) is 8.68. The second-order valence-electron chi connectivity index (χ2n) is 6.27. The maximum atomic E-state index is 5.92. The molecule has 0 aliphatic rings. The van der Waals surface area contributed by atoms with E-state index >= 15 is 0 Å². The molecule has 0 aliphatic carbocycles. The van der Waals surface area contributed by atoms with Crippen molar-refractivity contribution in [2.24, 2.45) is 0 Å². The van der Waals surface area contributed by atoms with Crippen LogP contribution in [-0.4, -0.2) is 16.5 Å². The van der Waals surface area contributed by atoms with Crippen LogP contribution in [0.2, 0.25) is 5.02 Å². The first-order valence-electron chi connectivity index (χ1n) is 8.72. The molecule has 0 aliphatic heterocycles. The summed E-state index contributed by atoms with van der Waals surface area (Å²) in [5, 5.41) is 7.53. The van der Waals surface area contributed by atoms with E-state index in [1.165, 1.54) is 16.7 Å². The van der Waals surface area contributed by atoms with Crippen LogP contribution in [0.15, 0.2) is 54.6 Å². The molecule has 0 unspecified atom stereocenters. The number of benzene rings is 2. The summed E-state index contributed by atoms with van der Waals surface area (Å²) in [4.78, 5) is 8.95. The Kier molecular flexibility index (Phi) is 6.08. The molecule has 1 aromatic heterocycles. The van der Waals surface area contributed by atoms with Gasteiger partial charge >= 0.3 is 0 Å². The van der Waals surface area contributed by atoms with E-state index in [-0.39, 0.29) is 0 Å². The fraction of sp³-hybridized carbons (Fsp3) is 0.238. The van der Waals surface area contributed by atoms with Crippen LogP contribution in [0.25, 0.3) is 0 Å². The van der Waals surface area contributed by atoms with E-state index in [1.54, 1.807) is 0 Å². The van der Waals surface area contributed by atoms with Crippen molar-refractivity contribution in [3.8, 4) is 0 Å². The third-order valence-corrected chi connectivity index (χ3v) is 4.44. The summed E-state index contributed by atoms with van der Waals surface area (Å²) in [5.74, 6) is 2.40. The first-order valence-corrected chi connectivity index (χ1v) is 9.10. The molecule has 3 rings (SSSR count). The zero-order valence-corrected chi connectivity index (χ0v) is 15.8. The standard InChI is InChI=1S/C21H23ClN4/c1-15-5-3-4-6-18(15)14-24-21-13-20(25-16(2)26-21)23-12-11-17-7-9-19(22)10-8-17/h3-10,13H,11-12,14H2,1-2H3,(H2,23,24,25,26). The van der Waals surface area contributed by atoms with Crippen molar-refractivity contribution in [1.29, 1.82) is 0 Å². The molecule has 2 N–H and O–H groups in total. The van der Waals surface area contributed by atoms with Gasteiger partial charge in [-0.25, -0.2) is 9.97 Å². The van der Waals surface area contributed by atoms with Crippen LogP contribution in [0.5, 0.6) is 0 Å². The van der Waals surface area contributed by atoms with E-state index < -0.39 is 0 Å². The minimum Gasteiger partial charge on any atom is -0.370 e. The average Bonchev–Trinajstić information content (AvgIpc) is 2.62. The van der Waals surface area contributed by atoms with Gasteiger partial charge in [0, 0.05) is 24.2 Å².